The van der Waals surface area contributed by atoms with Crippen LogP contribution in [0.2, 0.25) is 0 Å². The highest BCUT2D eigenvalue weighted by atomic mass is 16.5. The van der Waals surface area contributed by atoms with Crippen LogP contribution < -0.4 is 16.0 Å². The molecule has 0 saturated heterocycles. The van der Waals surface area contributed by atoms with Crippen molar-refractivity contribution in [3.63, 3.8) is 0 Å². The van der Waals surface area contributed by atoms with E-state index in [-0.39, 0.29) is 25.4 Å². The van der Waals surface area contributed by atoms with Gasteiger partial charge in [-0.1, -0.05) is 58.0 Å². The van der Waals surface area contributed by atoms with Gasteiger partial charge in [0.1, 0.15) is 24.7 Å². The van der Waals surface area contributed by atoms with E-state index in [1.807, 2.05) is 0 Å². The zero-order valence-corrected chi connectivity index (χ0v) is 19.7. The van der Waals surface area contributed by atoms with Crippen molar-refractivity contribution in [3.8, 4) is 0 Å². The van der Waals surface area contributed by atoms with Crippen molar-refractivity contribution >= 4 is 29.8 Å². The van der Waals surface area contributed by atoms with Gasteiger partial charge >= 0.3 is 18.0 Å². The number of ether oxygens (including phenoxy) is 1. The van der Waals surface area contributed by atoms with Gasteiger partial charge in [-0.3, -0.25) is 9.59 Å². The Hall–Kier alpha value is -3.63. The van der Waals surface area contributed by atoms with E-state index in [9.17, 15) is 34.2 Å². The summed E-state index contributed by atoms with van der Waals surface area (Å²) in [6, 6.07) is 5.23. The molecule has 0 spiro atoms. The number of aliphatic carboxylic acids is 2. The molecule has 11 heteroatoms. The first-order chi connectivity index (χ1) is 15.9. The third-order valence-electron chi connectivity index (χ3n) is 4.96. The van der Waals surface area contributed by atoms with Gasteiger partial charge in [-0.15, -0.1) is 0 Å². The maximum Gasteiger partial charge on any atom is 0.408 e. The van der Waals surface area contributed by atoms with Crippen LogP contribution in [0.5, 0.6) is 0 Å². The number of rotatable bonds is 13. The summed E-state index contributed by atoms with van der Waals surface area (Å²) in [7, 11) is 0. The highest BCUT2D eigenvalue weighted by molar-refractivity contribution is 5.90. The van der Waals surface area contributed by atoms with Crippen molar-refractivity contribution in [1.82, 2.24) is 16.0 Å². The summed E-state index contributed by atoms with van der Waals surface area (Å²) in [5.41, 5.74) is 0.720. The molecule has 0 aromatic heterocycles. The lowest BCUT2D eigenvalue weighted by atomic mass is 10.0. The van der Waals surface area contributed by atoms with E-state index in [4.69, 9.17) is 4.74 Å². The fraction of sp³-hybridized carbons (Fsp3) is 0.522. The molecule has 0 unspecified atom stereocenters. The van der Waals surface area contributed by atoms with Crippen LogP contribution >= 0.6 is 0 Å². The molecule has 5 N–H and O–H groups in total. The molecular formula is C23H33N3O8. The second kappa shape index (κ2) is 13.8. The Balaban J connectivity index is 2.85. The molecule has 34 heavy (non-hydrogen) atoms. The van der Waals surface area contributed by atoms with E-state index >= 15 is 0 Å². The molecule has 11 nitrogen and oxygen atoms in total. The van der Waals surface area contributed by atoms with E-state index in [2.05, 4.69) is 16.0 Å². The lowest BCUT2D eigenvalue weighted by molar-refractivity contribution is -0.143. The maximum atomic E-state index is 12.8. The molecule has 188 valence electrons. The lowest BCUT2D eigenvalue weighted by Crippen LogP contribution is -2.53. The van der Waals surface area contributed by atoms with Gasteiger partial charge in [-0.2, -0.15) is 0 Å². The molecule has 1 rings (SSSR count). The first-order valence-corrected chi connectivity index (χ1v) is 10.9. The van der Waals surface area contributed by atoms with E-state index in [0.29, 0.717) is 0 Å². The summed E-state index contributed by atoms with van der Waals surface area (Å²) in [6.07, 6.45) is -1.41. The van der Waals surface area contributed by atoms with Gasteiger partial charge in [0.15, 0.2) is 0 Å². The van der Waals surface area contributed by atoms with Crippen LogP contribution in [0, 0.1) is 11.8 Å². The fourth-order valence-corrected chi connectivity index (χ4v) is 2.98. The molecule has 0 aliphatic carbocycles. The lowest BCUT2D eigenvalue weighted by Gasteiger charge is -2.23. The smallest absolute Gasteiger partial charge is 0.408 e. The predicted molar refractivity (Wildman–Crippen MR) is 122 cm³/mol. The monoisotopic (exact) mass is 479 g/mol. The fourth-order valence-electron chi connectivity index (χ4n) is 2.98. The minimum atomic E-state index is -1.28. The van der Waals surface area contributed by atoms with Gasteiger partial charge < -0.3 is 30.9 Å². The average molecular weight is 480 g/mol. The highest BCUT2D eigenvalue weighted by Gasteiger charge is 2.30. The Morgan fingerprint density at radius 1 is 0.824 bits per heavy atom. The van der Waals surface area contributed by atoms with Crippen molar-refractivity contribution in [1.29, 1.82) is 0 Å². The number of amides is 3. The van der Waals surface area contributed by atoms with Crippen LogP contribution in [0.3, 0.4) is 0 Å². The summed E-state index contributed by atoms with van der Waals surface area (Å²) < 4.78 is 5.12. The number of nitrogens with one attached hydrogen (secondary N) is 3. The first kappa shape index (κ1) is 28.4. The van der Waals surface area contributed by atoms with Gasteiger partial charge in [-0.25, -0.2) is 14.4 Å². The van der Waals surface area contributed by atoms with Crippen LogP contribution in [0.4, 0.5) is 4.79 Å². The minimum absolute atomic E-state index is 0.0556. The second-order valence-electron chi connectivity index (χ2n) is 8.49. The number of benzene rings is 1. The van der Waals surface area contributed by atoms with Crippen molar-refractivity contribution < 1.29 is 38.9 Å². The molecule has 3 amide bonds. The third-order valence-corrected chi connectivity index (χ3v) is 4.96. The van der Waals surface area contributed by atoms with E-state index < -0.39 is 53.9 Å². The molecule has 0 fully saturated rings. The quantitative estimate of drug-likeness (QED) is 0.283. The molecule has 0 saturated carbocycles. The summed E-state index contributed by atoms with van der Waals surface area (Å²) in [6.45, 7) is 6.44. The number of hydrogen-bond donors (Lipinski definition) is 5. The SMILES string of the molecule is CC(C)[C@H](NC(=O)CC[C@H](NC(=O)OCc1ccccc1)C(=O)N[C@H](C(=O)O)C(C)C)C(=O)O. The molecular weight excluding hydrogens is 446 g/mol. The van der Waals surface area contributed by atoms with Crippen LogP contribution in [-0.2, 0) is 30.5 Å². The number of carbonyl (C=O) groups excluding carboxylic acids is 3. The molecule has 0 bridgehead atoms. The number of hydrogen-bond acceptors (Lipinski definition) is 6. The number of carboxylic acids is 2. The van der Waals surface area contributed by atoms with Crippen LogP contribution in [0.1, 0.15) is 46.1 Å². The Morgan fingerprint density at radius 3 is 1.85 bits per heavy atom. The number of carbonyl (C=O) groups is 5. The standard InChI is InChI=1S/C23H33N3O8/c1-13(2)18(21(29)30)25-17(27)11-10-16(20(28)26-19(14(3)4)22(31)32)24-23(33)34-12-15-8-6-5-7-9-15/h5-9,13-14,16,18-19H,10-12H2,1-4H3,(H,24,33)(H,25,27)(H,26,28)(H,29,30)(H,31,32)/t16-,18-,19-/m0/s1. The Morgan fingerprint density at radius 2 is 1.35 bits per heavy atom. The van der Waals surface area contributed by atoms with E-state index in [1.54, 1.807) is 58.0 Å². The summed E-state index contributed by atoms with van der Waals surface area (Å²) in [5.74, 6) is -4.66. The Kier molecular flexibility index (Phi) is 11.5. The maximum absolute atomic E-state index is 12.8. The van der Waals surface area contributed by atoms with Crippen molar-refractivity contribution in [2.75, 3.05) is 0 Å². The van der Waals surface area contributed by atoms with Crippen molar-refractivity contribution in [2.24, 2.45) is 11.8 Å². The van der Waals surface area contributed by atoms with E-state index in [1.165, 1.54) is 0 Å². The second-order valence-corrected chi connectivity index (χ2v) is 8.49. The topological polar surface area (TPSA) is 171 Å². The first-order valence-electron chi connectivity index (χ1n) is 10.9. The zero-order valence-electron chi connectivity index (χ0n) is 19.7. The molecule has 0 heterocycles. The highest BCUT2D eigenvalue weighted by Crippen LogP contribution is 2.08. The van der Waals surface area contributed by atoms with Crippen molar-refractivity contribution in [3.05, 3.63) is 35.9 Å². The molecule has 3 atom stereocenters. The van der Waals surface area contributed by atoms with Crippen LogP contribution in [0.25, 0.3) is 0 Å². The molecule has 1 aromatic rings. The molecule has 1 aromatic carbocycles. The van der Waals surface area contributed by atoms with Gasteiger partial charge in [-0.05, 0) is 23.8 Å². The van der Waals surface area contributed by atoms with Gasteiger partial charge in [0.25, 0.3) is 0 Å². The number of alkyl carbamates (subject to hydrolysis) is 1. The third kappa shape index (κ3) is 9.88. The Bertz CT molecular complexity index is 857. The normalized spacial score (nSPS) is 13.5. The summed E-state index contributed by atoms with van der Waals surface area (Å²) in [5, 5.41) is 25.7. The zero-order chi connectivity index (χ0) is 25.8. The van der Waals surface area contributed by atoms with E-state index in [0.717, 1.165) is 5.56 Å². The number of carboxylic acid groups (broad SMARTS) is 2. The van der Waals surface area contributed by atoms with Crippen LogP contribution in [-0.4, -0.2) is 58.2 Å². The minimum Gasteiger partial charge on any atom is -0.480 e. The summed E-state index contributed by atoms with van der Waals surface area (Å²) in [4.78, 5) is 60.1. The van der Waals surface area contributed by atoms with Gasteiger partial charge in [0, 0.05) is 6.42 Å². The Labute approximate surface area is 198 Å². The molecule has 0 radical (unpaired) electrons. The largest absolute Gasteiger partial charge is 0.480 e. The van der Waals surface area contributed by atoms with Gasteiger partial charge in [0.2, 0.25) is 11.8 Å². The van der Waals surface area contributed by atoms with Gasteiger partial charge in [0.05, 0.1) is 0 Å². The average Bonchev–Trinajstić information content (AvgIpc) is 2.76. The molecule has 0 aliphatic heterocycles. The van der Waals surface area contributed by atoms with Crippen molar-refractivity contribution in [2.45, 2.75) is 65.3 Å². The predicted octanol–water partition coefficient (Wildman–Crippen LogP) is 1.51. The molecule has 0 aliphatic rings. The summed E-state index contributed by atoms with van der Waals surface area (Å²) >= 11 is 0. The van der Waals surface area contributed by atoms with Crippen LogP contribution in [0.15, 0.2) is 30.3 Å².